The normalized spacial score (nSPS) is 12.3. The summed E-state index contributed by atoms with van der Waals surface area (Å²) >= 11 is 0. The average molecular weight is 201 g/mol. The van der Waals surface area contributed by atoms with Crippen LogP contribution in [0.25, 0.3) is 0 Å². The van der Waals surface area contributed by atoms with Gasteiger partial charge in [-0.15, -0.1) is 0 Å². The van der Waals surface area contributed by atoms with E-state index in [2.05, 4.69) is 4.74 Å². The van der Waals surface area contributed by atoms with Gasteiger partial charge in [0.25, 0.3) is 0 Å². The molecule has 5 heteroatoms. The van der Waals surface area contributed by atoms with E-state index in [0.717, 1.165) is 19.2 Å². The van der Waals surface area contributed by atoms with E-state index >= 15 is 0 Å². The fourth-order valence-electron chi connectivity index (χ4n) is 1.05. The minimum Gasteiger partial charge on any atom is -0.468 e. The highest BCUT2D eigenvalue weighted by Gasteiger charge is 2.23. The Kier molecular flexibility index (Phi) is 3.14. The van der Waals surface area contributed by atoms with Crippen LogP contribution >= 0.6 is 0 Å². The van der Waals surface area contributed by atoms with Crippen molar-refractivity contribution < 1.29 is 18.3 Å². The highest BCUT2D eigenvalue weighted by Crippen LogP contribution is 2.19. The van der Waals surface area contributed by atoms with Gasteiger partial charge in [-0.2, -0.15) is 0 Å². The van der Waals surface area contributed by atoms with Gasteiger partial charge in [-0.3, -0.25) is 4.79 Å². The number of hydrogen-bond donors (Lipinski definition) is 1. The summed E-state index contributed by atoms with van der Waals surface area (Å²) in [7, 11) is 1.10. The maximum Gasteiger partial charge on any atom is 0.327 e. The molecule has 0 aromatic heterocycles. The van der Waals surface area contributed by atoms with Crippen LogP contribution in [0.2, 0.25) is 0 Å². The molecule has 0 fully saturated rings. The van der Waals surface area contributed by atoms with Crippen molar-refractivity contribution >= 4 is 5.97 Å². The van der Waals surface area contributed by atoms with Crippen LogP contribution in [-0.4, -0.2) is 13.1 Å². The highest BCUT2D eigenvalue weighted by atomic mass is 19.1. The number of nitrogens with two attached hydrogens (primary N) is 1. The van der Waals surface area contributed by atoms with Crippen LogP contribution in [0.5, 0.6) is 0 Å². The van der Waals surface area contributed by atoms with E-state index in [4.69, 9.17) is 5.73 Å². The Morgan fingerprint density at radius 3 is 2.36 bits per heavy atom. The Morgan fingerprint density at radius 1 is 1.43 bits per heavy atom. The molecule has 0 spiro atoms. The summed E-state index contributed by atoms with van der Waals surface area (Å²) in [4.78, 5) is 10.9. The van der Waals surface area contributed by atoms with Gasteiger partial charge in [-0.25, -0.2) is 8.78 Å². The van der Waals surface area contributed by atoms with E-state index in [9.17, 15) is 13.6 Å². The maximum absolute atomic E-state index is 13.1. The summed E-state index contributed by atoms with van der Waals surface area (Å²) in [6, 6.07) is 1.82. The topological polar surface area (TPSA) is 52.3 Å². The van der Waals surface area contributed by atoms with Gasteiger partial charge in [0.1, 0.15) is 17.7 Å². The molecule has 0 aliphatic rings. The van der Waals surface area contributed by atoms with E-state index in [1.165, 1.54) is 6.07 Å². The fourth-order valence-corrected chi connectivity index (χ4v) is 1.05. The monoisotopic (exact) mass is 201 g/mol. The van der Waals surface area contributed by atoms with Crippen LogP contribution < -0.4 is 5.73 Å². The van der Waals surface area contributed by atoms with Crippen molar-refractivity contribution in [3.63, 3.8) is 0 Å². The maximum atomic E-state index is 13.1. The summed E-state index contributed by atoms with van der Waals surface area (Å²) < 4.78 is 30.4. The zero-order valence-electron chi connectivity index (χ0n) is 7.46. The molecule has 1 aromatic carbocycles. The molecular formula is C9H9F2NO2. The Bertz CT molecular complexity index is 334. The number of halogens is 2. The third-order valence-electron chi connectivity index (χ3n) is 1.77. The molecule has 14 heavy (non-hydrogen) atoms. The smallest absolute Gasteiger partial charge is 0.327 e. The Morgan fingerprint density at radius 2 is 1.93 bits per heavy atom. The summed E-state index contributed by atoms with van der Waals surface area (Å²) in [5.74, 6) is -2.60. The number of methoxy groups -OCH3 is 1. The van der Waals surface area contributed by atoms with Crippen molar-refractivity contribution in [1.82, 2.24) is 0 Å². The van der Waals surface area contributed by atoms with E-state index in [1.54, 1.807) is 0 Å². The number of carbonyl (C=O) groups is 1. The standard InChI is InChI=1S/C9H9F2NO2/c1-14-9(13)8(12)7-5(10)3-2-4-6(7)11/h2-4,8H,12H2,1H3/t8-/m1/s1. The Hall–Kier alpha value is -1.49. The molecule has 0 amide bonds. The molecule has 1 aromatic rings. The first-order chi connectivity index (χ1) is 6.57. The molecule has 0 unspecified atom stereocenters. The van der Waals surface area contributed by atoms with Crippen LogP contribution in [0.1, 0.15) is 11.6 Å². The first kappa shape index (κ1) is 10.6. The molecule has 0 radical (unpaired) electrons. The Balaban J connectivity index is 3.11. The highest BCUT2D eigenvalue weighted by molar-refractivity contribution is 5.77. The zero-order valence-corrected chi connectivity index (χ0v) is 7.46. The number of esters is 1. The van der Waals surface area contributed by atoms with E-state index in [1.807, 2.05) is 0 Å². The first-order valence-corrected chi connectivity index (χ1v) is 3.85. The molecule has 76 valence electrons. The van der Waals surface area contributed by atoms with Crippen LogP contribution in [0, 0.1) is 11.6 Å². The predicted molar refractivity (Wildman–Crippen MR) is 45.3 cm³/mol. The first-order valence-electron chi connectivity index (χ1n) is 3.85. The van der Waals surface area contributed by atoms with Crippen molar-refractivity contribution in [3.8, 4) is 0 Å². The third-order valence-corrected chi connectivity index (χ3v) is 1.77. The van der Waals surface area contributed by atoms with Crippen LogP contribution in [0.3, 0.4) is 0 Å². The van der Waals surface area contributed by atoms with Gasteiger partial charge in [0.05, 0.1) is 12.7 Å². The second-order valence-corrected chi connectivity index (χ2v) is 2.64. The molecule has 0 saturated carbocycles. The van der Waals surface area contributed by atoms with Gasteiger partial charge in [0, 0.05) is 0 Å². The lowest BCUT2D eigenvalue weighted by Crippen LogP contribution is -2.24. The molecular weight excluding hydrogens is 192 g/mol. The predicted octanol–water partition coefficient (Wildman–Crippen LogP) is 1.14. The largest absolute Gasteiger partial charge is 0.468 e. The molecule has 1 atom stereocenters. The lowest BCUT2D eigenvalue weighted by atomic mass is 10.1. The fraction of sp³-hybridized carbons (Fsp3) is 0.222. The van der Waals surface area contributed by atoms with Crippen molar-refractivity contribution in [2.75, 3.05) is 7.11 Å². The van der Waals surface area contributed by atoms with Gasteiger partial charge >= 0.3 is 5.97 Å². The molecule has 0 aliphatic carbocycles. The number of benzene rings is 1. The van der Waals surface area contributed by atoms with E-state index < -0.39 is 29.2 Å². The quantitative estimate of drug-likeness (QED) is 0.730. The summed E-state index contributed by atoms with van der Waals surface area (Å²) in [6.45, 7) is 0. The lowest BCUT2D eigenvalue weighted by molar-refractivity contribution is -0.142. The van der Waals surface area contributed by atoms with Gasteiger partial charge in [0.15, 0.2) is 0 Å². The summed E-state index contributed by atoms with van der Waals surface area (Å²) in [6.07, 6.45) is 0. The lowest BCUT2D eigenvalue weighted by Gasteiger charge is -2.10. The molecule has 2 N–H and O–H groups in total. The van der Waals surface area contributed by atoms with Crippen molar-refractivity contribution in [2.24, 2.45) is 5.73 Å². The molecule has 0 aliphatic heterocycles. The summed E-state index contributed by atoms with van der Waals surface area (Å²) in [5.41, 5.74) is 4.82. The van der Waals surface area contributed by atoms with Gasteiger partial charge in [-0.05, 0) is 12.1 Å². The molecule has 0 saturated heterocycles. The number of rotatable bonds is 2. The zero-order chi connectivity index (χ0) is 10.7. The number of carbonyl (C=O) groups excluding carboxylic acids is 1. The molecule has 0 heterocycles. The van der Waals surface area contributed by atoms with Crippen LogP contribution in [-0.2, 0) is 9.53 Å². The second-order valence-electron chi connectivity index (χ2n) is 2.64. The number of hydrogen-bond acceptors (Lipinski definition) is 3. The SMILES string of the molecule is COC(=O)[C@H](N)c1c(F)cccc1F. The number of ether oxygens (including phenoxy) is 1. The van der Waals surface area contributed by atoms with Crippen LogP contribution in [0.4, 0.5) is 8.78 Å². The molecule has 3 nitrogen and oxygen atoms in total. The van der Waals surface area contributed by atoms with Crippen molar-refractivity contribution in [1.29, 1.82) is 0 Å². The van der Waals surface area contributed by atoms with E-state index in [-0.39, 0.29) is 0 Å². The third kappa shape index (κ3) is 1.88. The van der Waals surface area contributed by atoms with Crippen LogP contribution in [0.15, 0.2) is 18.2 Å². The van der Waals surface area contributed by atoms with Gasteiger partial charge in [-0.1, -0.05) is 6.07 Å². The van der Waals surface area contributed by atoms with Crippen molar-refractivity contribution in [3.05, 3.63) is 35.4 Å². The van der Waals surface area contributed by atoms with Gasteiger partial charge in [0.2, 0.25) is 0 Å². The minimum absolute atomic E-state index is 0.473. The average Bonchev–Trinajstić information content (AvgIpc) is 2.16. The minimum atomic E-state index is -1.43. The molecule has 1 rings (SSSR count). The molecule has 0 bridgehead atoms. The second kappa shape index (κ2) is 4.15. The van der Waals surface area contributed by atoms with Gasteiger partial charge < -0.3 is 10.5 Å². The summed E-state index contributed by atoms with van der Waals surface area (Å²) in [5, 5.41) is 0. The van der Waals surface area contributed by atoms with E-state index in [0.29, 0.717) is 0 Å². The Labute approximate surface area is 79.5 Å². The van der Waals surface area contributed by atoms with Crippen molar-refractivity contribution in [2.45, 2.75) is 6.04 Å².